The second-order valence-electron chi connectivity index (χ2n) is 6.79. The van der Waals surface area contributed by atoms with Crippen molar-refractivity contribution in [3.8, 4) is 0 Å². The number of nitrogens with zero attached hydrogens (tertiary/aromatic N) is 4. The van der Waals surface area contributed by atoms with E-state index in [0.29, 0.717) is 50.2 Å². The Balaban J connectivity index is 1.57. The Morgan fingerprint density at radius 1 is 1.19 bits per heavy atom. The van der Waals surface area contributed by atoms with Gasteiger partial charge in [0.1, 0.15) is 0 Å². The van der Waals surface area contributed by atoms with Gasteiger partial charge in [0.15, 0.2) is 0 Å². The minimum Gasteiger partial charge on any atom is -0.358 e. The molecule has 0 bridgehead atoms. The Bertz CT molecular complexity index is 900. The van der Waals surface area contributed by atoms with Crippen LogP contribution in [0.1, 0.15) is 12.0 Å². The van der Waals surface area contributed by atoms with Crippen LogP contribution in [-0.4, -0.2) is 70.9 Å². The first kappa shape index (κ1) is 19.0. The molecule has 8 heteroatoms. The number of benzene rings is 1. The van der Waals surface area contributed by atoms with Crippen molar-refractivity contribution in [2.24, 2.45) is 0 Å². The number of amides is 2. The summed E-state index contributed by atoms with van der Waals surface area (Å²) in [4.78, 5) is 44.7. The molecule has 2 aromatic rings. The highest BCUT2D eigenvalue weighted by atomic mass is 16.2. The van der Waals surface area contributed by atoms with Gasteiger partial charge in [-0.15, -0.1) is 0 Å². The van der Waals surface area contributed by atoms with E-state index in [1.54, 1.807) is 18.0 Å². The van der Waals surface area contributed by atoms with Crippen LogP contribution in [0.3, 0.4) is 0 Å². The number of rotatable bonds is 5. The molecule has 1 aromatic heterocycles. The number of likely N-dealkylation sites (N-methyl/N-ethyl adjacent to an activating group) is 1. The van der Waals surface area contributed by atoms with Gasteiger partial charge in [-0.25, -0.2) is 4.98 Å². The molecule has 3 rings (SSSR count). The summed E-state index contributed by atoms with van der Waals surface area (Å²) in [6, 6.07) is 5.53. The average molecular weight is 371 g/mol. The fraction of sp³-hybridized carbons (Fsp3) is 0.474. The van der Waals surface area contributed by atoms with Gasteiger partial charge in [-0.3, -0.25) is 23.9 Å². The molecule has 1 aromatic carbocycles. The molecule has 0 unspecified atom stereocenters. The molecule has 0 spiro atoms. The molecule has 2 amide bonds. The summed E-state index contributed by atoms with van der Waals surface area (Å²) < 4.78 is 1.50. The number of aromatic nitrogens is 2. The number of para-hydroxylation sites is 1. The Kier molecular flexibility index (Phi) is 5.85. The van der Waals surface area contributed by atoms with E-state index in [2.05, 4.69) is 10.3 Å². The van der Waals surface area contributed by atoms with Gasteiger partial charge in [0.25, 0.3) is 5.56 Å². The minimum atomic E-state index is -0.119. The molecule has 0 radical (unpaired) electrons. The van der Waals surface area contributed by atoms with Gasteiger partial charge in [-0.05, 0) is 18.6 Å². The van der Waals surface area contributed by atoms with E-state index in [1.807, 2.05) is 24.0 Å². The molecule has 0 saturated carbocycles. The molecule has 1 N–H and O–H groups in total. The van der Waals surface area contributed by atoms with E-state index in [4.69, 9.17) is 0 Å². The molecular formula is C19H25N5O3. The van der Waals surface area contributed by atoms with E-state index in [9.17, 15) is 14.4 Å². The molecular weight excluding hydrogens is 346 g/mol. The molecule has 8 nitrogen and oxygen atoms in total. The summed E-state index contributed by atoms with van der Waals surface area (Å²) in [5.74, 6) is -0.000903. The zero-order valence-electron chi connectivity index (χ0n) is 15.8. The van der Waals surface area contributed by atoms with Crippen LogP contribution < -0.4 is 10.9 Å². The minimum absolute atomic E-state index is 0.0193. The Morgan fingerprint density at radius 2 is 1.93 bits per heavy atom. The van der Waals surface area contributed by atoms with Crippen molar-refractivity contribution in [1.82, 2.24) is 24.7 Å². The molecule has 1 aliphatic heterocycles. The standard InChI is InChI=1S/C19H25N5O3/c1-14-4-3-5-15-18(14)21-13-24(19(15)27)7-6-17(26)23-10-8-22(9-11-23)12-16(25)20-2/h3-5,13H,6-12H2,1-2H3,(H,20,25). The summed E-state index contributed by atoms with van der Waals surface area (Å²) in [7, 11) is 1.62. The van der Waals surface area contributed by atoms with Gasteiger partial charge in [0.2, 0.25) is 11.8 Å². The third-order valence-corrected chi connectivity index (χ3v) is 4.99. The van der Waals surface area contributed by atoms with Crippen molar-refractivity contribution in [1.29, 1.82) is 0 Å². The lowest BCUT2D eigenvalue weighted by Gasteiger charge is -2.34. The number of hydrogen-bond donors (Lipinski definition) is 1. The summed E-state index contributed by atoms with van der Waals surface area (Å²) in [6.07, 6.45) is 1.78. The van der Waals surface area contributed by atoms with Crippen molar-refractivity contribution in [3.63, 3.8) is 0 Å². The van der Waals surface area contributed by atoms with Crippen molar-refractivity contribution >= 4 is 22.7 Å². The zero-order chi connectivity index (χ0) is 19.4. The Morgan fingerprint density at radius 3 is 2.63 bits per heavy atom. The third-order valence-electron chi connectivity index (χ3n) is 4.99. The quantitative estimate of drug-likeness (QED) is 0.799. The van der Waals surface area contributed by atoms with Gasteiger partial charge in [-0.2, -0.15) is 0 Å². The number of aryl methyl sites for hydroxylation is 2. The maximum absolute atomic E-state index is 12.6. The van der Waals surface area contributed by atoms with E-state index in [0.717, 1.165) is 5.56 Å². The van der Waals surface area contributed by atoms with E-state index in [-0.39, 0.29) is 23.8 Å². The maximum atomic E-state index is 12.6. The second kappa shape index (κ2) is 8.30. The number of piperazine rings is 1. The molecule has 0 atom stereocenters. The fourth-order valence-electron chi connectivity index (χ4n) is 3.31. The van der Waals surface area contributed by atoms with Gasteiger partial charge in [0, 0.05) is 46.2 Å². The number of nitrogens with one attached hydrogen (secondary N) is 1. The van der Waals surface area contributed by atoms with Crippen LogP contribution >= 0.6 is 0 Å². The Labute approximate surface area is 157 Å². The van der Waals surface area contributed by atoms with Gasteiger partial charge in [0.05, 0.1) is 23.8 Å². The van der Waals surface area contributed by atoms with Crippen molar-refractivity contribution in [2.75, 3.05) is 39.8 Å². The van der Waals surface area contributed by atoms with Gasteiger partial charge >= 0.3 is 0 Å². The fourth-order valence-corrected chi connectivity index (χ4v) is 3.31. The smallest absolute Gasteiger partial charge is 0.261 e. The number of carbonyl (C=O) groups is 2. The highest BCUT2D eigenvalue weighted by Gasteiger charge is 2.22. The highest BCUT2D eigenvalue weighted by molar-refractivity contribution is 5.80. The Hall–Kier alpha value is -2.74. The zero-order valence-corrected chi connectivity index (χ0v) is 15.8. The second-order valence-corrected chi connectivity index (χ2v) is 6.79. The van der Waals surface area contributed by atoms with Gasteiger partial charge < -0.3 is 10.2 Å². The van der Waals surface area contributed by atoms with E-state index >= 15 is 0 Å². The van der Waals surface area contributed by atoms with Crippen LogP contribution in [-0.2, 0) is 16.1 Å². The summed E-state index contributed by atoms with van der Waals surface area (Å²) in [6.45, 7) is 5.14. The van der Waals surface area contributed by atoms with Crippen LogP contribution in [0.25, 0.3) is 10.9 Å². The average Bonchev–Trinajstić information content (AvgIpc) is 2.68. The lowest BCUT2D eigenvalue weighted by molar-refractivity contribution is -0.133. The van der Waals surface area contributed by atoms with Crippen molar-refractivity contribution in [3.05, 3.63) is 40.4 Å². The number of fused-ring (bicyclic) bond motifs is 1. The van der Waals surface area contributed by atoms with E-state index < -0.39 is 0 Å². The topological polar surface area (TPSA) is 87.5 Å². The first-order chi connectivity index (χ1) is 13.0. The van der Waals surface area contributed by atoms with Crippen molar-refractivity contribution in [2.45, 2.75) is 19.9 Å². The summed E-state index contributed by atoms with van der Waals surface area (Å²) in [5.41, 5.74) is 1.55. The SMILES string of the molecule is CNC(=O)CN1CCN(C(=O)CCn2cnc3c(C)cccc3c2=O)CC1. The van der Waals surface area contributed by atoms with Crippen molar-refractivity contribution < 1.29 is 9.59 Å². The molecule has 2 heterocycles. The number of carbonyl (C=O) groups excluding carboxylic acids is 2. The first-order valence-corrected chi connectivity index (χ1v) is 9.15. The lowest BCUT2D eigenvalue weighted by Crippen LogP contribution is -2.51. The third kappa shape index (κ3) is 4.33. The summed E-state index contributed by atoms with van der Waals surface area (Å²) in [5, 5.41) is 3.18. The lowest BCUT2D eigenvalue weighted by atomic mass is 10.1. The largest absolute Gasteiger partial charge is 0.358 e. The van der Waals surface area contributed by atoms with Crippen LogP contribution in [0.15, 0.2) is 29.3 Å². The first-order valence-electron chi connectivity index (χ1n) is 9.15. The van der Waals surface area contributed by atoms with E-state index in [1.165, 1.54) is 10.9 Å². The number of hydrogen-bond acceptors (Lipinski definition) is 5. The predicted molar refractivity (Wildman–Crippen MR) is 102 cm³/mol. The summed E-state index contributed by atoms with van der Waals surface area (Å²) >= 11 is 0. The van der Waals surface area contributed by atoms with Crippen LogP contribution in [0.2, 0.25) is 0 Å². The molecule has 1 aliphatic rings. The van der Waals surface area contributed by atoms with Crippen LogP contribution in [0, 0.1) is 6.92 Å². The maximum Gasteiger partial charge on any atom is 0.261 e. The highest BCUT2D eigenvalue weighted by Crippen LogP contribution is 2.11. The van der Waals surface area contributed by atoms with Crippen LogP contribution in [0.5, 0.6) is 0 Å². The molecule has 0 aliphatic carbocycles. The molecule has 27 heavy (non-hydrogen) atoms. The molecule has 1 fully saturated rings. The normalized spacial score (nSPS) is 15.1. The van der Waals surface area contributed by atoms with Crippen LogP contribution in [0.4, 0.5) is 0 Å². The molecule has 144 valence electrons. The monoisotopic (exact) mass is 371 g/mol. The molecule has 1 saturated heterocycles. The van der Waals surface area contributed by atoms with Gasteiger partial charge in [-0.1, -0.05) is 12.1 Å². The predicted octanol–water partition coefficient (Wildman–Crippen LogP) is -0.0148.